The Hall–Kier alpha value is -2.97. The molecule has 1 aliphatic heterocycles. The standard InChI is InChI=1S/C38H30Cl2I2N2O4S/c1-4-47-37(46)32-33(23-8-6-5-7-9-23)43-38-44(34(32)24-12-10-22(11-13-24)21(2)3)36(45)31(49-38)17-26-16-28(41)19-30(42)35(26)48-20-25-14-15-27(39)18-29(25)40/h5-19,21,34H,4,20H2,1-3H3/b31-17-/t34-/m1/s1. The van der Waals surface area contributed by atoms with Crippen molar-refractivity contribution < 1.29 is 14.3 Å². The lowest BCUT2D eigenvalue weighted by molar-refractivity contribution is -0.138. The zero-order valence-electron chi connectivity index (χ0n) is 26.7. The fraction of sp³-hybridized carbons (Fsp3) is 0.184. The number of rotatable bonds is 9. The van der Waals surface area contributed by atoms with Crippen LogP contribution in [0.4, 0.5) is 0 Å². The molecule has 0 bridgehead atoms. The van der Waals surface area contributed by atoms with Gasteiger partial charge in [-0.3, -0.25) is 9.36 Å². The predicted octanol–water partition coefficient (Wildman–Crippen LogP) is 9.15. The summed E-state index contributed by atoms with van der Waals surface area (Å²) in [5.41, 5.74) is 4.76. The maximum atomic E-state index is 14.5. The summed E-state index contributed by atoms with van der Waals surface area (Å²) in [6.07, 6.45) is 1.84. The first kappa shape index (κ1) is 35.8. The molecule has 0 fully saturated rings. The number of fused-ring (bicyclic) bond motifs is 1. The van der Waals surface area contributed by atoms with E-state index in [0.717, 1.165) is 35.0 Å². The zero-order valence-corrected chi connectivity index (χ0v) is 33.3. The molecular formula is C38H30Cl2I2N2O4S. The summed E-state index contributed by atoms with van der Waals surface area (Å²) in [7, 11) is 0. The number of ether oxygens (including phenoxy) is 2. The fourth-order valence-electron chi connectivity index (χ4n) is 5.59. The molecule has 2 heterocycles. The van der Waals surface area contributed by atoms with Crippen molar-refractivity contribution in [3.8, 4) is 5.75 Å². The molecule has 1 atom stereocenters. The Morgan fingerprint density at radius 2 is 1.76 bits per heavy atom. The molecule has 0 saturated heterocycles. The van der Waals surface area contributed by atoms with E-state index in [0.29, 0.717) is 42.3 Å². The molecule has 11 heteroatoms. The first-order valence-electron chi connectivity index (χ1n) is 15.5. The summed E-state index contributed by atoms with van der Waals surface area (Å²) in [6.45, 7) is 6.42. The van der Waals surface area contributed by atoms with Crippen LogP contribution in [0.3, 0.4) is 0 Å². The minimum absolute atomic E-state index is 0.184. The molecule has 0 spiro atoms. The Kier molecular flexibility index (Phi) is 11.3. The molecule has 0 saturated carbocycles. The van der Waals surface area contributed by atoms with E-state index in [1.165, 1.54) is 11.3 Å². The van der Waals surface area contributed by atoms with Gasteiger partial charge in [-0.25, -0.2) is 9.79 Å². The summed E-state index contributed by atoms with van der Waals surface area (Å²) in [6, 6.07) is 26.1. The first-order chi connectivity index (χ1) is 23.5. The van der Waals surface area contributed by atoms with Crippen molar-refractivity contribution in [3.63, 3.8) is 0 Å². The Morgan fingerprint density at radius 1 is 1.02 bits per heavy atom. The van der Waals surface area contributed by atoms with Gasteiger partial charge in [0.25, 0.3) is 5.56 Å². The number of carbonyl (C=O) groups is 1. The lowest BCUT2D eigenvalue weighted by atomic mass is 9.91. The highest BCUT2D eigenvalue weighted by atomic mass is 127. The van der Waals surface area contributed by atoms with E-state index in [1.807, 2.05) is 78.9 Å². The van der Waals surface area contributed by atoms with Crippen molar-refractivity contribution in [1.82, 2.24) is 4.57 Å². The molecule has 6 rings (SSSR count). The Morgan fingerprint density at radius 3 is 2.43 bits per heavy atom. The summed E-state index contributed by atoms with van der Waals surface area (Å²) in [5, 5.41) is 1.06. The molecule has 6 nitrogen and oxygen atoms in total. The third kappa shape index (κ3) is 7.70. The van der Waals surface area contributed by atoms with Crippen LogP contribution in [0.15, 0.2) is 100 Å². The van der Waals surface area contributed by atoms with Gasteiger partial charge in [0.15, 0.2) is 4.80 Å². The lowest BCUT2D eigenvalue weighted by Gasteiger charge is -2.26. The number of hydrogen-bond acceptors (Lipinski definition) is 6. The van der Waals surface area contributed by atoms with Gasteiger partial charge in [0.05, 0.1) is 32.0 Å². The maximum absolute atomic E-state index is 14.5. The van der Waals surface area contributed by atoms with E-state index in [9.17, 15) is 9.59 Å². The Labute approximate surface area is 325 Å². The van der Waals surface area contributed by atoms with Crippen molar-refractivity contribution in [2.45, 2.75) is 39.3 Å². The number of thiazole rings is 1. The van der Waals surface area contributed by atoms with Crippen LogP contribution in [0.5, 0.6) is 5.75 Å². The minimum Gasteiger partial charge on any atom is -0.487 e. The molecule has 1 aromatic heterocycles. The van der Waals surface area contributed by atoms with Gasteiger partial charge in [0.1, 0.15) is 12.4 Å². The van der Waals surface area contributed by atoms with Gasteiger partial charge in [0.2, 0.25) is 0 Å². The predicted molar refractivity (Wildman–Crippen MR) is 214 cm³/mol. The first-order valence-corrected chi connectivity index (χ1v) is 19.2. The number of nitrogens with zero attached hydrogens (tertiary/aromatic N) is 2. The molecule has 4 aromatic carbocycles. The van der Waals surface area contributed by atoms with E-state index in [-0.39, 0.29) is 18.8 Å². The van der Waals surface area contributed by atoms with E-state index in [2.05, 4.69) is 59.0 Å². The number of aromatic nitrogens is 1. The maximum Gasteiger partial charge on any atom is 0.338 e. The number of benzene rings is 4. The fourth-order valence-corrected chi connectivity index (χ4v) is 9.09. The van der Waals surface area contributed by atoms with E-state index in [1.54, 1.807) is 23.6 Å². The summed E-state index contributed by atoms with van der Waals surface area (Å²) < 4.78 is 15.9. The van der Waals surface area contributed by atoms with Crippen LogP contribution < -0.4 is 19.6 Å². The third-order valence-electron chi connectivity index (χ3n) is 8.00. The quantitative estimate of drug-likeness (QED) is 0.109. The van der Waals surface area contributed by atoms with Gasteiger partial charge in [0, 0.05) is 30.3 Å². The van der Waals surface area contributed by atoms with Gasteiger partial charge in [-0.15, -0.1) is 0 Å². The lowest BCUT2D eigenvalue weighted by Crippen LogP contribution is -2.40. The molecule has 1 aliphatic rings. The zero-order chi connectivity index (χ0) is 34.8. The molecule has 250 valence electrons. The van der Waals surface area contributed by atoms with Gasteiger partial charge in [-0.05, 0) is 99.5 Å². The smallest absolute Gasteiger partial charge is 0.338 e. The molecule has 0 unspecified atom stereocenters. The summed E-state index contributed by atoms with van der Waals surface area (Å²) in [4.78, 5) is 33.8. The van der Waals surface area contributed by atoms with Crippen molar-refractivity contribution in [1.29, 1.82) is 0 Å². The molecule has 49 heavy (non-hydrogen) atoms. The normalized spacial score (nSPS) is 14.5. The van der Waals surface area contributed by atoms with Gasteiger partial charge < -0.3 is 9.47 Å². The minimum atomic E-state index is -0.757. The second-order valence-electron chi connectivity index (χ2n) is 11.6. The van der Waals surface area contributed by atoms with E-state index >= 15 is 0 Å². The van der Waals surface area contributed by atoms with Crippen LogP contribution in [-0.2, 0) is 16.1 Å². The highest BCUT2D eigenvalue weighted by Gasteiger charge is 2.35. The number of esters is 1. The average molecular weight is 935 g/mol. The average Bonchev–Trinajstić information content (AvgIpc) is 3.38. The Balaban J connectivity index is 1.55. The number of hydrogen-bond donors (Lipinski definition) is 0. The van der Waals surface area contributed by atoms with Crippen molar-refractivity contribution in [2.24, 2.45) is 4.99 Å². The number of halogens is 4. The van der Waals surface area contributed by atoms with Crippen LogP contribution in [-0.4, -0.2) is 17.1 Å². The van der Waals surface area contributed by atoms with Crippen molar-refractivity contribution in [3.05, 3.63) is 155 Å². The third-order valence-corrected chi connectivity index (χ3v) is 11.0. The van der Waals surface area contributed by atoms with Crippen molar-refractivity contribution >= 4 is 97.5 Å². The molecule has 0 amide bonds. The second-order valence-corrected chi connectivity index (χ2v) is 15.8. The molecule has 0 aliphatic carbocycles. The number of carbonyl (C=O) groups excluding carboxylic acids is 1. The second kappa shape index (κ2) is 15.5. The molecule has 5 aromatic rings. The molecular weight excluding hydrogens is 905 g/mol. The summed E-state index contributed by atoms with van der Waals surface area (Å²) >= 11 is 18.3. The summed E-state index contributed by atoms with van der Waals surface area (Å²) in [5.74, 6) is 0.427. The van der Waals surface area contributed by atoms with Crippen LogP contribution in [0.25, 0.3) is 11.8 Å². The van der Waals surface area contributed by atoms with Gasteiger partial charge >= 0.3 is 5.97 Å². The Bertz CT molecular complexity index is 2270. The van der Waals surface area contributed by atoms with E-state index in [4.69, 9.17) is 37.7 Å². The molecule has 0 N–H and O–H groups in total. The SMILES string of the molecule is CCOC(=O)C1=C(c2ccccc2)N=c2s/c(=C\c3cc(I)cc(I)c3OCc3ccc(Cl)cc3Cl)c(=O)n2[C@@H]1c1ccc(C(C)C)cc1. The van der Waals surface area contributed by atoms with Crippen LogP contribution >= 0.6 is 79.7 Å². The monoisotopic (exact) mass is 934 g/mol. The molecule has 0 radical (unpaired) electrons. The highest BCUT2D eigenvalue weighted by Crippen LogP contribution is 2.36. The van der Waals surface area contributed by atoms with Crippen LogP contribution in [0.1, 0.15) is 60.5 Å². The van der Waals surface area contributed by atoms with Crippen molar-refractivity contribution in [2.75, 3.05) is 6.61 Å². The van der Waals surface area contributed by atoms with Crippen LogP contribution in [0, 0.1) is 7.14 Å². The largest absolute Gasteiger partial charge is 0.487 e. The van der Waals surface area contributed by atoms with Gasteiger partial charge in [-0.2, -0.15) is 0 Å². The highest BCUT2D eigenvalue weighted by molar-refractivity contribution is 14.1. The van der Waals surface area contributed by atoms with Crippen LogP contribution in [0.2, 0.25) is 10.0 Å². The van der Waals surface area contributed by atoms with E-state index < -0.39 is 12.0 Å². The topological polar surface area (TPSA) is 69.9 Å². The van der Waals surface area contributed by atoms with Gasteiger partial charge in [-0.1, -0.05) is 109 Å².